The third-order valence-electron chi connectivity index (χ3n) is 3.38. The monoisotopic (exact) mass is 339 g/mol. The number of hydrogen-bond donors (Lipinski definition) is 2. The topological polar surface area (TPSA) is 84.2 Å². The normalized spacial score (nSPS) is 12.0. The maximum atomic E-state index is 13.6. The van der Waals surface area contributed by atoms with Gasteiger partial charge >= 0.3 is 5.97 Å². The Morgan fingerprint density at radius 2 is 2.13 bits per heavy atom. The molecule has 1 heterocycles. The smallest absolute Gasteiger partial charge is 0.305 e. The van der Waals surface area contributed by atoms with Crippen LogP contribution in [0.1, 0.15) is 34.2 Å². The van der Waals surface area contributed by atoms with Crippen LogP contribution in [-0.4, -0.2) is 26.8 Å². The minimum Gasteiger partial charge on any atom is -0.481 e. The summed E-state index contributed by atoms with van der Waals surface area (Å²) in [4.78, 5) is 23.2. The van der Waals surface area contributed by atoms with Gasteiger partial charge in [-0.15, -0.1) is 0 Å². The number of nitrogens with one attached hydrogen (secondary N) is 1. The Bertz CT molecular complexity index is 741. The molecule has 122 valence electrons. The molecule has 0 fully saturated rings. The highest BCUT2D eigenvalue weighted by molar-refractivity contribution is 6.30. The number of hydrogen-bond acceptors (Lipinski definition) is 3. The average molecular weight is 340 g/mol. The maximum Gasteiger partial charge on any atom is 0.305 e. The van der Waals surface area contributed by atoms with Crippen molar-refractivity contribution in [1.29, 1.82) is 0 Å². The van der Waals surface area contributed by atoms with Crippen molar-refractivity contribution in [1.82, 2.24) is 15.1 Å². The molecule has 0 spiro atoms. The highest BCUT2D eigenvalue weighted by Gasteiger charge is 2.21. The molecule has 1 unspecified atom stereocenters. The van der Waals surface area contributed by atoms with Gasteiger partial charge in [-0.25, -0.2) is 4.39 Å². The molecule has 23 heavy (non-hydrogen) atoms. The van der Waals surface area contributed by atoms with Crippen LogP contribution in [-0.2, 0) is 11.8 Å². The van der Waals surface area contributed by atoms with Gasteiger partial charge in [0, 0.05) is 12.7 Å². The van der Waals surface area contributed by atoms with Crippen molar-refractivity contribution in [3.8, 4) is 0 Å². The van der Waals surface area contributed by atoms with Gasteiger partial charge in [-0.05, 0) is 30.7 Å². The van der Waals surface area contributed by atoms with Crippen LogP contribution in [0, 0.1) is 12.7 Å². The Balaban J connectivity index is 2.26. The van der Waals surface area contributed by atoms with Crippen LogP contribution in [0.5, 0.6) is 0 Å². The van der Waals surface area contributed by atoms with E-state index in [0.717, 1.165) is 11.8 Å². The Morgan fingerprint density at radius 3 is 2.65 bits per heavy atom. The molecule has 1 amide bonds. The Morgan fingerprint density at radius 1 is 1.43 bits per heavy atom. The van der Waals surface area contributed by atoms with Crippen LogP contribution in [0.4, 0.5) is 4.39 Å². The predicted octanol–water partition coefficient (Wildman–Crippen LogP) is 2.47. The molecule has 0 saturated carbocycles. The lowest BCUT2D eigenvalue weighted by atomic mass is 10.0. The summed E-state index contributed by atoms with van der Waals surface area (Å²) in [5.74, 6) is -2.33. The standard InChI is InChI=1S/C15H15ClFN3O3/c1-8-5-13(19-20(8)2)15(23)18-12(7-14(21)22)9-3-4-10(16)11(17)6-9/h3-6,12H,7H2,1-2H3,(H,18,23)(H,21,22). The van der Waals surface area contributed by atoms with Crippen LogP contribution in [0.2, 0.25) is 5.02 Å². The third-order valence-corrected chi connectivity index (χ3v) is 3.68. The molecule has 2 rings (SSSR count). The summed E-state index contributed by atoms with van der Waals surface area (Å²) >= 11 is 5.62. The number of aryl methyl sites for hydroxylation is 2. The summed E-state index contributed by atoms with van der Waals surface area (Å²) in [5, 5.41) is 15.5. The number of nitrogens with zero attached hydrogens (tertiary/aromatic N) is 2. The number of benzene rings is 1. The van der Waals surface area contributed by atoms with E-state index in [1.165, 1.54) is 16.8 Å². The van der Waals surface area contributed by atoms with E-state index in [1.807, 2.05) is 0 Å². The number of halogens is 2. The first-order valence-corrected chi connectivity index (χ1v) is 7.14. The van der Waals surface area contributed by atoms with Gasteiger partial charge in [-0.2, -0.15) is 5.10 Å². The van der Waals surface area contributed by atoms with Gasteiger partial charge in [0.1, 0.15) is 11.5 Å². The lowest BCUT2D eigenvalue weighted by Gasteiger charge is -2.17. The molecule has 0 aliphatic rings. The van der Waals surface area contributed by atoms with Crippen LogP contribution < -0.4 is 5.32 Å². The summed E-state index contributed by atoms with van der Waals surface area (Å²) in [6.45, 7) is 1.78. The fourth-order valence-corrected chi connectivity index (χ4v) is 2.18. The minimum atomic E-state index is -1.12. The average Bonchev–Trinajstić information content (AvgIpc) is 2.80. The van der Waals surface area contributed by atoms with Gasteiger partial charge in [0.25, 0.3) is 5.91 Å². The number of carboxylic acids is 1. The van der Waals surface area contributed by atoms with Crippen molar-refractivity contribution in [3.05, 3.63) is 52.1 Å². The zero-order chi connectivity index (χ0) is 17.1. The molecular formula is C15H15ClFN3O3. The molecule has 6 nitrogen and oxygen atoms in total. The van der Waals surface area contributed by atoms with Crippen LogP contribution >= 0.6 is 11.6 Å². The van der Waals surface area contributed by atoms with Crippen molar-refractivity contribution in [2.75, 3.05) is 0 Å². The number of rotatable bonds is 5. The summed E-state index contributed by atoms with van der Waals surface area (Å²) in [7, 11) is 1.69. The van der Waals surface area contributed by atoms with E-state index < -0.39 is 30.2 Å². The van der Waals surface area contributed by atoms with Gasteiger partial charge in [0.2, 0.25) is 0 Å². The number of aliphatic carboxylic acids is 1. The zero-order valence-electron chi connectivity index (χ0n) is 12.5. The van der Waals surface area contributed by atoms with E-state index in [4.69, 9.17) is 16.7 Å². The Hall–Kier alpha value is -2.41. The quantitative estimate of drug-likeness (QED) is 0.876. The molecule has 0 saturated heterocycles. The lowest BCUT2D eigenvalue weighted by molar-refractivity contribution is -0.137. The molecule has 2 aromatic rings. The van der Waals surface area contributed by atoms with E-state index in [2.05, 4.69) is 10.4 Å². The van der Waals surface area contributed by atoms with Crippen molar-refractivity contribution >= 4 is 23.5 Å². The van der Waals surface area contributed by atoms with Crippen molar-refractivity contribution < 1.29 is 19.1 Å². The maximum absolute atomic E-state index is 13.6. The second-order valence-corrected chi connectivity index (χ2v) is 5.50. The molecule has 0 radical (unpaired) electrons. The number of carbonyl (C=O) groups excluding carboxylic acids is 1. The number of aromatic nitrogens is 2. The second kappa shape index (κ2) is 6.78. The van der Waals surface area contributed by atoms with Crippen LogP contribution in [0.3, 0.4) is 0 Å². The number of carbonyl (C=O) groups is 2. The van der Waals surface area contributed by atoms with E-state index in [0.29, 0.717) is 5.56 Å². The summed E-state index contributed by atoms with van der Waals surface area (Å²) < 4.78 is 15.1. The molecule has 1 atom stereocenters. The van der Waals surface area contributed by atoms with E-state index in [1.54, 1.807) is 20.0 Å². The Kier molecular flexibility index (Phi) is 5.00. The van der Waals surface area contributed by atoms with E-state index >= 15 is 0 Å². The zero-order valence-corrected chi connectivity index (χ0v) is 13.3. The van der Waals surface area contributed by atoms with Gasteiger partial charge in [0.15, 0.2) is 0 Å². The number of amides is 1. The summed E-state index contributed by atoms with van der Waals surface area (Å²) in [6.07, 6.45) is -0.390. The van der Waals surface area contributed by atoms with Crippen LogP contribution in [0.25, 0.3) is 0 Å². The lowest BCUT2D eigenvalue weighted by Crippen LogP contribution is -2.30. The first kappa shape index (κ1) is 17.0. The fraction of sp³-hybridized carbons (Fsp3) is 0.267. The molecule has 2 N–H and O–H groups in total. The molecular weight excluding hydrogens is 325 g/mol. The summed E-state index contributed by atoms with van der Waals surface area (Å²) in [5.41, 5.74) is 1.26. The number of carboxylic acid groups (broad SMARTS) is 1. The highest BCUT2D eigenvalue weighted by Crippen LogP contribution is 2.23. The predicted molar refractivity (Wildman–Crippen MR) is 81.8 cm³/mol. The van der Waals surface area contributed by atoms with Crippen molar-refractivity contribution in [3.63, 3.8) is 0 Å². The van der Waals surface area contributed by atoms with Gasteiger partial charge in [-0.1, -0.05) is 17.7 Å². The SMILES string of the molecule is Cc1cc(C(=O)NC(CC(=O)O)c2ccc(Cl)c(F)c2)nn1C. The molecule has 0 aliphatic carbocycles. The molecule has 8 heteroatoms. The minimum absolute atomic E-state index is 0.0745. The molecule has 1 aromatic carbocycles. The molecule has 1 aromatic heterocycles. The highest BCUT2D eigenvalue weighted by atomic mass is 35.5. The van der Waals surface area contributed by atoms with Gasteiger partial charge in [0.05, 0.1) is 17.5 Å². The van der Waals surface area contributed by atoms with Crippen molar-refractivity contribution in [2.45, 2.75) is 19.4 Å². The fourth-order valence-electron chi connectivity index (χ4n) is 2.06. The van der Waals surface area contributed by atoms with E-state index in [-0.39, 0.29) is 10.7 Å². The summed E-state index contributed by atoms with van der Waals surface area (Å²) in [6, 6.07) is 4.59. The molecule has 0 bridgehead atoms. The third kappa shape index (κ3) is 4.07. The Labute approximate surface area is 136 Å². The van der Waals surface area contributed by atoms with Gasteiger partial charge < -0.3 is 10.4 Å². The molecule has 0 aliphatic heterocycles. The second-order valence-electron chi connectivity index (χ2n) is 5.09. The largest absolute Gasteiger partial charge is 0.481 e. The first-order valence-electron chi connectivity index (χ1n) is 6.76. The van der Waals surface area contributed by atoms with E-state index in [9.17, 15) is 14.0 Å². The first-order chi connectivity index (χ1) is 10.8. The van der Waals surface area contributed by atoms with Crippen molar-refractivity contribution in [2.24, 2.45) is 7.05 Å². The van der Waals surface area contributed by atoms with Gasteiger partial charge in [-0.3, -0.25) is 14.3 Å². The van der Waals surface area contributed by atoms with Crippen LogP contribution in [0.15, 0.2) is 24.3 Å².